The molecule has 0 aliphatic heterocycles. The van der Waals surface area contributed by atoms with Gasteiger partial charge in [0.1, 0.15) is 0 Å². The average molecular weight is 396 g/mol. The van der Waals surface area contributed by atoms with Gasteiger partial charge in [-0.15, -0.1) is 5.10 Å². The lowest BCUT2D eigenvalue weighted by atomic mass is 10.1. The molecule has 0 aliphatic rings. The van der Waals surface area contributed by atoms with E-state index in [4.69, 9.17) is 0 Å². The molecule has 0 bridgehead atoms. The molecule has 5 nitrogen and oxygen atoms in total. The Labute approximate surface area is 176 Å². The van der Waals surface area contributed by atoms with Crippen molar-refractivity contribution >= 4 is 11.6 Å². The van der Waals surface area contributed by atoms with E-state index < -0.39 is 0 Å². The highest BCUT2D eigenvalue weighted by atomic mass is 16.2. The molecule has 1 heterocycles. The molecule has 1 N–H and O–H groups in total. The summed E-state index contributed by atoms with van der Waals surface area (Å²) in [5.74, 6) is 0.430. The van der Waals surface area contributed by atoms with E-state index in [1.165, 1.54) is 5.56 Å². The molecule has 0 spiro atoms. The molecule has 1 amide bonds. The molecule has 5 heteroatoms. The lowest BCUT2D eigenvalue weighted by molar-refractivity contribution is 0.101. The smallest absolute Gasteiger partial charge is 0.295 e. The zero-order chi connectivity index (χ0) is 21.3. The number of hydrogen-bond acceptors (Lipinski definition) is 3. The van der Waals surface area contributed by atoms with Gasteiger partial charge in [-0.25, -0.2) is 9.67 Å². The second kappa shape index (κ2) is 7.95. The van der Waals surface area contributed by atoms with Crippen LogP contribution in [0.15, 0.2) is 66.7 Å². The summed E-state index contributed by atoms with van der Waals surface area (Å²) < 4.78 is 1.73. The third-order valence-corrected chi connectivity index (χ3v) is 5.10. The number of benzene rings is 3. The first-order valence-corrected chi connectivity index (χ1v) is 9.90. The van der Waals surface area contributed by atoms with Gasteiger partial charge in [-0.2, -0.15) is 0 Å². The van der Waals surface area contributed by atoms with Gasteiger partial charge in [0.25, 0.3) is 5.91 Å². The first kappa shape index (κ1) is 19.6. The van der Waals surface area contributed by atoms with Crippen LogP contribution in [-0.2, 0) is 0 Å². The number of carbonyl (C=O) groups excluding carboxylic acids is 1. The highest BCUT2D eigenvalue weighted by molar-refractivity contribution is 6.01. The predicted octanol–water partition coefficient (Wildman–Crippen LogP) is 5.42. The number of nitrogens with zero attached hydrogens (tertiary/aromatic N) is 3. The molecule has 1 aromatic heterocycles. The summed E-state index contributed by atoms with van der Waals surface area (Å²) in [6.07, 6.45) is 0. The van der Waals surface area contributed by atoms with Crippen LogP contribution in [0.4, 0.5) is 5.69 Å². The number of hydrogen-bond donors (Lipinski definition) is 1. The molecule has 4 aromatic rings. The van der Waals surface area contributed by atoms with Gasteiger partial charge >= 0.3 is 0 Å². The Morgan fingerprint density at radius 2 is 1.57 bits per heavy atom. The minimum Gasteiger partial charge on any atom is -0.319 e. The van der Waals surface area contributed by atoms with E-state index >= 15 is 0 Å². The molecule has 0 unspecified atom stereocenters. The maximum atomic E-state index is 12.9. The van der Waals surface area contributed by atoms with Gasteiger partial charge in [-0.05, 0) is 74.7 Å². The van der Waals surface area contributed by atoms with Gasteiger partial charge in [-0.3, -0.25) is 4.79 Å². The molecule has 30 heavy (non-hydrogen) atoms. The quantitative estimate of drug-likeness (QED) is 0.501. The van der Waals surface area contributed by atoms with E-state index in [0.717, 1.165) is 33.6 Å². The Kier molecular flexibility index (Phi) is 5.19. The van der Waals surface area contributed by atoms with E-state index in [-0.39, 0.29) is 11.7 Å². The fourth-order valence-electron chi connectivity index (χ4n) is 3.33. The Hall–Kier alpha value is -3.73. The first-order chi connectivity index (χ1) is 14.4. The van der Waals surface area contributed by atoms with Gasteiger partial charge < -0.3 is 5.32 Å². The third-order valence-electron chi connectivity index (χ3n) is 5.10. The van der Waals surface area contributed by atoms with Gasteiger partial charge in [0.15, 0.2) is 5.82 Å². The van der Waals surface area contributed by atoms with Crippen LogP contribution in [0.2, 0.25) is 0 Å². The Balaban J connectivity index is 1.76. The molecule has 0 saturated heterocycles. The van der Waals surface area contributed by atoms with Crippen LogP contribution < -0.4 is 5.32 Å². The number of aromatic nitrogens is 3. The fraction of sp³-hybridized carbons (Fsp3) is 0.160. The number of aryl methyl sites for hydroxylation is 4. The van der Waals surface area contributed by atoms with Crippen LogP contribution in [-0.4, -0.2) is 20.7 Å². The summed E-state index contributed by atoms with van der Waals surface area (Å²) in [5.41, 5.74) is 7.03. The SMILES string of the molecule is Cc1cccc(-c2nc(C(=O)Nc3ccc(C)c(C)c3)nn2-c2cccc(C)c2)c1. The van der Waals surface area contributed by atoms with Crippen molar-refractivity contribution in [2.45, 2.75) is 27.7 Å². The molecular formula is C25H24N4O. The van der Waals surface area contributed by atoms with Crippen molar-refractivity contribution in [2.24, 2.45) is 0 Å². The zero-order valence-electron chi connectivity index (χ0n) is 17.6. The largest absolute Gasteiger partial charge is 0.319 e. The van der Waals surface area contributed by atoms with E-state index in [0.29, 0.717) is 5.82 Å². The van der Waals surface area contributed by atoms with Gasteiger partial charge in [0.05, 0.1) is 5.69 Å². The van der Waals surface area contributed by atoms with Crippen LogP contribution >= 0.6 is 0 Å². The Bertz CT molecular complexity index is 1180. The maximum Gasteiger partial charge on any atom is 0.295 e. The second-order valence-electron chi connectivity index (χ2n) is 7.63. The van der Waals surface area contributed by atoms with Gasteiger partial charge in [-0.1, -0.05) is 42.0 Å². The topological polar surface area (TPSA) is 59.8 Å². The van der Waals surface area contributed by atoms with Gasteiger partial charge in [0, 0.05) is 11.3 Å². The molecule has 0 saturated carbocycles. The van der Waals surface area contributed by atoms with Crippen molar-refractivity contribution in [1.82, 2.24) is 14.8 Å². The lowest BCUT2D eigenvalue weighted by Gasteiger charge is -2.07. The minimum absolute atomic E-state index is 0.131. The summed E-state index contributed by atoms with van der Waals surface area (Å²) in [6.45, 7) is 8.12. The van der Waals surface area contributed by atoms with Crippen molar-refractivity contribution in [3.05, 3.63) is 94.8 Å². The highest BCUT2D eigenvalue weighted by Crippen LogP contribution is 2.23. The summed E-state index contributed by atoms with van der Waals surface area (Å²) in [7, 11) is 0. The number of nitrogens with one attached hydrogen (secondary N) is 1. The molecule has 150 valence electrons. The van der Waals surface area contributed by atoms with Crippen molar-refractivity contribution in [2.75, 3.05) is 5.32 Å². The van der Waals surface area contributed by atoms with Crippen LogP contribution in [0, 0.1) is 27.7 Å². The highest BCUT2D eigenvalue weighted by Gasteiger charge is 2.19. The van der Waals surface area contributed by atoms with Gasteiger partial charge in [0.2, 0.25) is 5.82 Å². The summed E-state index contributed by atoms with van der Waals surface area (Å²) in [6, 6.07) is 21.9. The van der Waals surface area contributed by atoms with E-state index in [9.17, 15) is 4.79 Å². The predicted molar refractivity (Wildman–Crippen MR) is 120 cm³/mol. The molecule has 0 radical (unpaired) electrons. The maximum absolute atomic E-state index is 12.9. The normalized spacial score (nSPS) is 10.8. The van der Waals surface area contributed by atoms with E-state index in [1.807, 2.05) is 94.4 Å². The zero-order valence-corrected chi connectivity index (χ0v) is 17.6. The number of amides is 1. The molecule has 3 aromatic carbocycles. The molecular weight excluding hydrogens is 372 g/mol. The second-order valence-corrected chi connectivity index (χ2v) is 7.63. The Morgan fingerprint density at radius 3 is 2.27 bits per heavy atom. The third kappa shape index (κ3) is 4.01. The van der Waals surface area contributed by atoms with Crippen LogP contribution in [0.5, 0.6) is 0 Å². The molecule has 4 rings (SSSR count). The van der Waals surface area contributed by atoms with Crippen molar-refractivity contribution in [3.63, 3.8) is 0 Å². The molecule has 0 atom stereocenters. The standard InChI is InChI=1S/C25H24N4O/c1-16-7-5-9-20(13-16)24-27-23(28-29(24)22-10-6-8-17(2)14-22)25(30)26-21-12-11-18(3)19(4)15-21/h5-15H,1-4H3,(H,26,30). The molecule has 0 fully saturated rings. The lowest BCUT2D eigenvalue weighted by Crippen LogP contribution is -2.14. The first-order valence-electron chi connectivity index (χ1n) is 9.90. The fourth-order valence-corrected chi connectivity index (χ4v) is 3.33. The van der Waals surface area contributed by atoms with Crippen molar-refractivity contribution in [1.29, 1.82) is 0 Å². The summed E-state index contributed by atoms with van der Waals surface area (Å²) >= 11 is 0. The van der Waals surface area contributed by atoms with Crippen molar-refractivity contribution in [3.8, 4) is 17.1 Å². The van der Waals surface area contributed by atoms with Crippen molar-refractivity contribution < 1.29 is 4.79 Å². The Morgan fingerprint density at radius 1 is 0.833 bits per heavy atom. The van der Waals surface area contributed by atoms with Crippen LogP contribution in [0.1, 0.15) is 32.9 Å². The number of rotatable bonds is 4. The average Bonchev–Trinajstić information content (AvgIpc) is 3.16. The summed E-state index contributed by atoms with van der Waals surface area (Å²) in [4.78, 5) is 17.5. The van der Waals surface area contributed by atoms with Crippen LogP contribution in [0.3, 0.4) is 0 Å². The number of anilines is 1. The van der Waals surface area contributed by atoms with E-state index in [1.54, 1.807) is 4.68 Å². The van der Waals surface area contributed by atoms with Crippen LogP contribution in [0.25, 0.3) is 17.1 Å². The van der Waals surface area contributed by atoms with E-state index in [2.05, 4.69) is 15.4 Å². The monoisotopic (exact) mass is 396 g/mol. The minimum atomic E-state index is -0.335. The number of carbonyl (C=O) groups is 1. The molecule has 0 aliphatic carbocycles. The summed E-state index contributed by atoms with van der Waals surface area (Å²) in [5, 5.41) is 7.47.